The maximum absolute atomic E-state index is 12.5. The van der Waals surface area contributed by atoms with Crippen LogP contribution in [-0.4, -0.2) is 11.1 Å². The van der Waals surface area contributed by atoms with Gasteiger partial charge in [-0.1, -0.05) is 6.07 Å². The second kappa shape index (κ2) is 4.45. The van der Waals surface area contributed by atoms with Gasteiger partial charge in [0, 0.05) is 0 Å². The molecule has 0 aliphatic carbocycles. The molecule has 12 heavy (non-hydrogen) atoms. The van der Waals surface area contributed by atoms with Gasteiger partial charge in [0.2, 0.25) is 0 Å². The van der Waals surface area contributed by atoms with Crippen LogP contribution >= 0.6 is 0 Å². The second-order valence-electron chi connectivity index (χ2n) is 1.92. The van der Waals surface area contributed by atoms with E-state index in [2.05, 4.69) is 0 Å². The molecule has 0 radical (unpaired) electrons. The van der Waals surface area contributed by atoms with Gasteiger partial charge in [0.15, 0.2) is 0 Å². The van der Waals surface area contributed by atoms with Gasteiger partial charge in [0.25, 0.3) is 0 Å². The summed E-state index contributed by atoms with van der Waals surface area (Å²) in [6, 6.07) is 3.22. The van der Waals surface area contributed by atoms with Crippen LogP contribution in [0.3, 0.4) is 0 Å². The molecule has 0 spiro atoms. The van der Waals surface area contributed by atoms with Crippen molar-refractivity contribution < 1.29 is 49.0 Å². The fraction of sp³-hybridized carbons (Fsp3) is 0. The van der Waals surface area contributed by atoms with Crippen molar-refractivity contribution in [1.82, 2.24) is 0 Å². The molecule has 3 nitrogen and oxygen atoms in total. The molecule has 0 saturated carbocycles. The molecule has 0 heterocycles. The standard InChI is InChI=1S/C7H5FO3.Na/c8-4-2-1-3-5(9)6(4)7(10)11;/h1-3,9H,(H,10,11);/q;+1/p-1. The summed E-state index contributed by atoms with van der Waals surface area (Å²) in [5.41, 5.74) is -0.799. The van der Waals surface area contributed by atoms with Gasteiger partial charge in [0.1, 0.15) is 11.6 Å². The predicted octanol–water partition coefficient (Wildman–Crippen LogP) is -3.10. The number of carbonyl (C=O) groups is 1. The first-order valence-corrected chi connectivity index (χ1v) is 2.81. The minimum absolute atomic E-state index is 0. The predicted molar refractivity (Wildman–Crippen MR) is 32.4 cm³/mol. The van der Waals surface area contributed by atoms with E-state index >= 15 is 0 Å². The molecule has 0 saturated heterocycles. The monoisotopic (exact) mass is 178 g/mol. The second-order valence-corrected chi connectivity index (χ2v) is 1.92. The smallest absolute Gasteiger partial charge is 0.545 e. The Morgan fingerprint density at radius 1 is 1.50 bits per heavy atom. The number of aromatic hydroxyl groups is 1. The first-order chi connectivity index (χ1) is 5.13. The maximum atomic E-state index is 12.5. The van der Waals surface area contributed by atoms with Crippen LogP contribution in [0, 0.1) is 5.82 Å². The number of aromatic carboxylic acids is 1. The van der Waals surface area contributed by atoms with Crippen molar-refractivity contribution in [3.8, 4) is 5.75 Å². The third kappa shape index (κ3) is 2.20. The van der Waals surface area contributed by atoms with E-state index in [1.807, 2.05) is 0 Å². The quantitative estimate of drug-likeness (QED) is 0.463. The molecule has 0 atom stereocenters. The van der Waals surface area contributed by atoms with Gasteiger partial charge in [-0.2, -0.15) is 0 Å². The number of carboxylic acid groups (broad SMARTS) is 1. The van der Waals surface area contributed by atoms with E-state index in [-0.39, 0.29) is 29.6 Å². The average molecular weight is 178 g/mol. The van der Waals surface area contributed by atoms with Gasteiger partial charge in [-0.05, 0) is 12.1 Å². The number of carbonyl (C=O) groups excluding carboxylic acids is 1. The van der Waals surface area contributed by atoms with Crippen LogP contribution in [0.2, 0.25) is 0 Å². The molecule has 0 aliphatic heterocycles. The maximum Gasteiger partial charge on any atom is 1.00 e. The van der Waals surface area contributed by atoms with Crippen LogP contribution in [0.15, 0.2) is 18.2 Å². The first kappa shape index (κ1) is 11.4. The van der Waals surface area contributed by atoms with Crippen LogP contribution in [0.25, 0.3) is 0 Å². The molecule has 0 amide bonds. The van der Waals surface area contributed by atoms with Crippen LogP contribution in [0.4, 0.5) is 4.39 Å². The number of rotatable bonds is 1. The molecule has 0 aliphatic rings. The Kier molecular flexibility index (Phi) is 4.23. The van der Waals surface area contributed by atoms with Gasteiger partial charge in [-0.25, -0.2) is 4.39 Å². The Balaban J connectivity index is 0.00000121. The van der Waals surface area contributed by atoms with Crippen molar-refractivity contribution in [2.24, 2.45) is 0 Å². The average Bonchev–Trinajstić information content (AvgIpc) is 1.85. The Morgan fingerprint density at radius 2 is 2.08 bits per heavy atom. The molecule has 1 aromatic rings. The van der Waals surface area contributed by atoms with Crippen LogP contribution < -0.4 is 34.7 Å². The Morgan fingerprint density at radius 3 is 2.42 bits per heavy atom. The summed E-state index contributed by atoms with van der Waals surface area (Å²) in [4.78, 5) is 10.1. The van der Waals surface area contributed by atoms with Crippen molar-refractivity contribution in [3.05, 3.63) is 29.6 Å². The Hall–Kier alpha value is -0.580. The van der Waals surface area contributed by atoms with Crippen LogP contribution in [0.5, 0.6) is 5.75 Å². The zero-order chi connectivity index (χ0) is 8.43. The van der Waals surface area contributed by atoms with E-state index in [1.54, 1.807) is 0 Å². The fourth-order valence-corrected chi connectivity index (χ4v) is 0.715. The van der Waals surface area contributed by atoms with Crippen LogP contribution in [-0.2, 0) is 0 Å². The number of benzene rings is 1. The number of phenols is 1. The van der Waals surface area contributed by atoms with Gasteiger partial charge in [0.05, 0.1) is 11.5 Å². The Bertz CT molecular complexity index is 280. The van der Waals surface area contributed by atoms with E-state index in [0.717, 1.165) is 12.1 Å². The largest absolute Gasteiger partial charge is 1.00 e. The summed E-state index contributed by atoms with van der Waals surface area (Å²) in [6.07, 6.45) is 0. The normalized spacial score (nSPS) is 8.75. The van der Waals surface area contributed by atoms with Crippen molar-refractivity contribution in [2.75, 3.05) is 0 Å². The number of hydrogen-bond acceptors (Lipinski definition) is 3. The van der Waals surface area contributed by atoms with Crippen molar-refractivity contribution in [3.63, 3.8) is 0 Å². The van der Waals surface area contributed by atoms with E-state index in [0.29, 0.717) is 0 Å². The first-order valence-electron chi connectivity index (χ1n) is 2.81. The fourth-order valence-electron chi connectivity index (χ4n) is 0.715. The number of halogens is 1. The van der Waals surface area contributed by atoms with Gasteiger partial charge in [-0.15, -0.1) is 0 Å². The Labute approximate surface area is 90.1 Å². The van der Waals surface area contributed by atoms with E-state index in [1.165, 1.54) is 6.07 Å². The number of hydrogen-bond donors (Lipinski definition) is 1. The molecule has 1 rings (SSSR count). The summed E-state index contributed by atoms with van der Waals surface area (Å²) in [6.45, 7) is 0. The summed E-state index contributed by atoms with van der Waals surface area (Å²) in [7, 11) is 0. The van der Waals surface area contributed by atoms with E-state index in [9.17, 15) is 14.3 Å². The van der Waals surface area contributed by atoms with Crippen molar-refractivity contribution >= 4 is 5.97 Å². The molecule has 1 N–H and O–H groups in total. The third-order valence-electron chi connectivity index (χ3n) is 1.20. The molecule has 0 bridgehead atoms. The summed E-state index contributed by atoms with van der Waals surface area (Å²) < 4.78 is 12.5. The summed E-state index contributed by atoms with van der Waals surface area (Å²) in [5, 5.41) is 18.9. The van der Waals surface area contributed by atoms with Crippen LogP contribution in [0.1, 0.15) is 10.4 Å². The zero-order valence-electron chi connectivity index (χ0n) is 6.37. The molecule has 1 aromatic carbocycles. The molecule has 0 unspecified atom stereocenters. The van der Waals surface area contributed by atoms with E-state index in [4.69, 9.17) is 5.11 Å². The molecular weight excluding hydrogens is 174 g/mol. The summed E-state index contributed by atoms with van der Waals surface area (Å²) >= 11 is 0. The van der Waals surface area contributed by atoms with Crippen molar-refractivity contribution in [1.29, 1.82) is 0 Å². The van der Waals surface area contributed by atoms with Gasteiger partial charge >= 0.3 is 29.6 Å². The minimum atomic E-state index is -1.72. The SMILES string of the molecule is O=C([O-])c1c(O)cccc1F.[Na+]. The molecule has 0 fully saturated rings. The van der Waals surface area contributed by atoms with Crippen molar-refractivity contribution in [2.45, 2.75) is 0 Å². The zero-order valence-corrected chi connectivity index (χ0v) is 8.37. The minimum Gasteiger partial charge on any atom is -0.545 e. The topological polar surface area (TPSA) is 60.4 Å². The molecule has 5 heteroatoms. The van der Waals surface area contributed by atoms with Gasteiger partial charge in [-0.3, -0.25) is 0 Å². The molecule has 58 valence electrons. The summed E-state index contributed by atoms with van der Waals surface area (Å²) in [5.74, 6) is -3.34. The molecule has 0 aromatic heterocycles. The number of carboxylic acids is 1. The van der Waals surface area contributed by atoms with E-state index < -0.39 is 23.1 Å². The molecular formula is C7H4FNaO3. The van der Waals surface area contributed by atoms with Gasteiger partial charge < -0.3 is 15.0 Å². The third-order valence-corrected chi connectivity index (χ3v) is 1.20.